The maximum Gasteiger partial charge on any atom is 0.360 e. The van der Waals surface area contributed by atoms with Crippen LogP contribution in [0.2, 0.25) is 0 Å². The highest BCUT2D eigenvalue weighted by atomic mass is 16.5. The Morgan fingerprint density at radius 1 is 1.50 bits per heavy atom. The van der Waals surface area contributed by atoms with E-state index in [1.165, 1.54) is 6.26 Å². The van der Waals surface area contributed by atoms with Crippen LogP contribution in [0.15, 0.2) is 16.7 Å². The van der Waals surface area contributed by atoms with Crippen LogP contribution in [0, 0.1) is 13.8 Å². The lowest BCUT2D eigenvalue weighted by Gasteiger charge is -2.15. The molecule has 0 radical (unpaired) electrons. The molecule has 0 spiro atoms. The van der Waals surface area contributed by atoms with Crippen molar-refractivity contribution in [2.75, 3.05) is 24.6 Å². The normalized spacial score (nSPS) is 18.0. The number of aryl methyl sites for hydroxylation is 2. The summed E-state index contributed by atoms with van der Waals surface area (Å²) in [6.45, 7) is 7.74. The standard InChI is InChI=1S/C15H20N4O3/c1-4-21-14(20)13-9-22-15(16-13)18-6-5-12(8-18)19-11(3)7-10(2)17-19/h7,9,12H,4-6,8H2,1-3H3/t12-/m0/s1. The zero-order valence-electron chi connectivity index (χ0n) is 13.1. The van der Waals surface area contributed by atoms with E-state index in [9.17, 15) is 4.79 Å². The first-order valence-electron chi connectivity index (χ1n) is 7.49. The third-order valence-electron chi connectivity index (χ3n) is 3.80. The predicted molar refractivity (Wildman–Crippen MR) is 80.0 cm³/mol. The highest BCUT2D eigenvalue weighted by Gasteiger charge is 2.29. The van der Waals surface area contributed by atoms with Crippen molar-refractivity contribution in [3.05, 3.63) is 29.4 Å². The second kappa shape index (κ2) is 5.82. The first-order valence-corrected chi connectivity index (χ1v) is 7.49. The lowest BCUT2D eigenvalue weighted by molar-refractivity contribution is 0.0519. The van der Waals surface area contributed by atoms with E-state index in [0.717, 1.165) is 30.9 Å². The average Bonchev–Trinajstić information content (AvgIpc) is 3.17. The molecular formula is C15H20N4O3. The van der Waals surface area contributed by atoms with Crippen LogP contribution in [0.25, 0.3) is 0 Å². The number of carbonyl (C=O) groups excluding carboxylic acids is 1. The van der Waals surface area contributed by atoms with Gasteiger partial charge in [0.25, 0.3) is 6.01 Å². The number of carbonyl (C=O) groups is 1. The Morgan fingerprint density at radius 2 is 2.32 bits per heavy atom. The number of rotatable bonds is 4. The van der Waals surface area contributed by atoms with Gasteiger partial charge >= 0.3 is 5.97 Å². The smallest absolute Gasteiger partial charge is 0.360 e. The van der Waals surface area contributed by atoms with Crippen molar-refractivity contribution in [1.82, 2.24) is 14.8 Å². The van der Waals surface area contributed by atoms with Gasteiger partial charge in [-0.15, -0.1) is 0 Å². The van der Waals surface area contributed by atoms with Crippen molar-refractivity contribution in [1.29, 1.82) is 0 Å². The molecule has 22 heavy (non-hydrogen) atoms. The van der Waals surface area contributed by atoms with Crippen molar-refractivity contribution < 1.29 is 13.9 Å². The van der Waals surface area contributed by atoms with Gasteiger partial charge in [0.2, 0.25) is 0 Å². The largest absolute Gasteiger partial charge is 0.461 e. The van der Waals surface area contributed by atoms with E-state index in [0.29, 0.717) is 18.7 Å². The molecule has 1 aliphatic heterocycles. The molecule has 0 N–H and O–H groups in total. The minimum Gasteiger partial charge on any atom is -0.461 e. The Hall–Kier alpha value is -2.31. The number of oxazole rings is 1. The molecule has 0 aliphatic carbocycles. The van der Waals surface area contributed by atoms with Crippen molar-refractivity contribution >= 4 is 12.0 Å². The molecule has 1 aliphatic rings. The van der Waals surface area contributed by atoms with Crippen LogP contribution >= 0.6 is 0 Å². The molecule has 0 saturated carbocycles. The molecule has 3 rings (SSSR count). The number of nitrogens with zero attached hydrogens (tertiary/aromatic N) is 4. The van der Waals surface area contributed by atoms with Crippen molar-refractivity contribution in [2.24, 2.45) is 0 Å². The fourth-order valence-corrected chi connectivity index (χ4v) is 2.84. The second-order valence-corrected chi connectivity index (χ2v) is 5.50. The van der Waals surface area contributed by atoms with E-state index < -0.39 is 5.97 Å². The molecule has 1 fully saturated rings. The summed E-state index contributed by atoms with van der Waals surface area (Å²) in [5.74, 6) is -0.452. The molecule has 7 heteroatoms. The van der Waals surface area contributed by atoms with Crippen molar-refractivity contribution in [3.63, 3.8) is 0 Å². The van der Waals surface area contributed by atoms with E-state index in [4.69, 9.17) is 9.15 Å². The third-order valence-corrected chi connectivity index (χ3v) is 3.80. The Labute approximate surface area is 128 Å². The summed E-state index contributed by atoms with van der Waals surface area (Å²) in [5.41, 5.74) is 2.40. The van der Waals surface area contributed by atoms with Gasteiger partial charge in [0.15, 0.2) is 5.69 Å². The van der Waals surface area contributed by atoms with E-state index in [2.05, 4.69) is 27.8 Å². The van der Waals surface area contributed by atoms with Crippen LogP contribution in [0.3, 0.4) is 0 Å². The number of ether oxygens (including phenoxy) is 1. The lowest BCUT2D eigenvalue weighted by Crippen LogP contribution is -2.22. The van der Waals surface area contributed by atoms with Gasteiger partial charge in [-0.05, 0) is 33.3 Å². The zero-order valence-corrected chi connectivity index (χ0v) is 13.1. The number of hydrogen-bond acceptors (Lipinski definition) is 6. The van der Waals surface area contributed by atoms with Crippen LogP contribution in [0.5, 0.6) is 0 Å². The van der Waals surface area contributed by atoms with Crippen LogP contribution < -0.4 is 4.90 Å². The van der Waals surface area contributed by atoms with Gasteiger partial charge in [0, 0.05) is 18.8 Å². The monoisotopic (exact) mass is 304 g/mol. The summed E-state index contributed by atoms with van der Waals surface area (Å²) in [7, 11) is 0. The summed E-state index contributed by atoms with van der Waals surface area (Å²) in [5, 5.41) is 4.54. The molecule has 3 heterocycles. The van der Waals surface area contributed by atoms with Gasteiger partial charge in [-0.1, -0.05) is 0 Å². The molecule has 1 atom stereocenters. The highest BCUT2D eigenvalue weighted by molar-refractivity contribution is 5.87. The number of hydrogen-bond donors (Lipinski definition) is 0. The van der Waals surface area contributed by atoms with Gasteiger partial charge < -0.3 is 14.1 Å². The Balaban J connectivity index is 1.70. The van der Waals surface area contributed by atoms with Gasteiger partial charge in [-0.3, -0.25) is 4.68 Å². The van der Waals surface area contributed by atoms with Crippen LogP contribution in [-0.4, -0.2) is 40.4 Å². The van der Waals surface area contributed by atoms with E-state index in [-0.39, 0.29) is 5.69 Å². The van der Waals surface area contributed by atoms with Crippen LogP contribution in [0.4, 0.5) is 6.01 Å². The molecule has 1 saturated heterocycles. The predicted octanol–water partition coefficient (Wildman–Crippen LogP) is 2.12. The summed E-state index contributed by atoms with van der Waals surface area (Å²) in [4.78, 5) is 17.9. The van der Waals surface area contributed by atoms with Gasteiger partial charge in [0.05, 0.1) is 18.3 Å². The maximum absolute atomic E-state index is 11.6. The topological polar surface area (TPSA) is 73.4 Å². The molecule has 2 aromatic heterocycles. The molecule has 2 aromatic rings. The summed E-state index contributed by atoms with van der Waals surface area (Å²) < 4.78 is 12.4. The Morgan fingerprint density at radius 3 is 3.00 bits per heavy atom. The third kappa shape index (κ3) is 2.70. The van der Waals surface area contributed by atoms with Crippen LogP contribution in [-0.2, 0) is 4.74 Å². The number of esters is 1. The van der Waals surface area contributed by atoms with Crippen molar-refractivity contribution in [2.45, 2.75) is 33.2 Å². The maximum atomic E-state index is 11.6. The van der Waals surface area contributed by atoms with E-state index in [1.54, 1.807) is 6.92 Å². The Bertz CT molecular complexity index is 676. The highest BCUT2D eigenvalue weighted by Crippen LogP contribution is 2.27. The van der Waals surface area contributed by atoms with Crippen molar-refractivity contribution in [3.8, 4) is 0 Å². The second-order valence-electron chi connectivity index (χ2n) is 5.50. The fraction of sp³-hybridized carbons (Fsp3) is 0.533. The minimum atomic E-state index is -0.452. The number of anilines is 1. The molecule has 0 amide bonds. The molecular weight excluding hydrogens is 284 g/mol. The van der Waals surface area contributed by atoms with Gasteiger partial charge in [-0.2, -0.15) is 10.1 Å². The summed E-state index contributed by atoms with van der Waals surface area (Å²) >= 11 is 0. The van der Waals surface area contributed by atoms with E-state index in [1.807, 2.05) is 11.8 Å². The SMILES string of the molecule is CCOC(=O)c1coc(N2CC[C@H](n3nc(C)cc3C)C2)n1. The fourth-order valence-electron chi connectivity index (χ4n) is 2.84. The Kier molecular flexibility index (Phi) is 3.87. The van der Waals surface area contributed by atoms with Gasteiger partial charge in [-0.25, -0.2) is 4.79 Å². The molecule has 0 aromatic carbocycles. The zero-order chi connectivity index (χ0) is 15.7. The minimum absolute atomic E-state index is 0.214. The van der Waals surface area contributed by atoms with Crippen LogP contribution in [0.1, 0.15) is 41.3 Å². The molecule has 7 nitrogen and oxygen atoms in total. The molecule has 0 unspecified atom stereocenters. The summed E-state index contributed by atoms with van der Waals surface area (Å²) in [6.07, 6.45) is 2.32. The number of aromatic nitrogens is 3. The quantitative estimate of drug-likeness (QED) is 0.806. The lowest BCUT2D eigenvalue weighted by atomic mass is 10.2. The molecule has 0 bridgehead atoms. The molecule has 118 valence electrons. The first-order chi connectivity index (χ1) is 10.6. The first kappa shape index (κ1) is 14.6. The van der Waals surface area contributed by atoms with Gasteiger partial charge in [0.1, 0.15) is 6.26 Å². The van der Waals surface area contributed by atoms with E-state index >= 15 is 0 Å². The summed E-state index contributed by atoms with van der Waals surface area (Å²) in [6, 6.07) is 2.84. The average molecular weight is 304 g/mol.